The Labute approximate surface area is 109 Å². The van der Waals surface area contributed by atoms with E-state index in [0.29, 0.717) is 27.3 Å². The van der Waals surface area contributed by atoms with E-state index in [-0.39, 0.29) is 0 Å². The SMILES string of the molecule is Nc1cc(Cl)c(-n2ccc(C3CC3)n2)c(Cl)c1. The largest absolute Gasteiger partial charge is 0.399 e. The van der Waals surface area contributed by atoms with Crippen molar-refractivity contribution in [2.45, 2.75) is 18.8 Å². The fourth-order valence-electron chi connectivity index (χ4n) is 1.86. The van der Waals surface area contributed by atoms with E-state index >= 15 is 0 Å². The first-order chi connectivity index (χ1) is 8.15. The van der Waals surface area contributed by atoms with E-state index in [1.54, 1.807) is 16.8 Å². The van der Waals surface area contributed by atoms with E-state index in [9.17, 15) is 0 Å². The fraction of sp³-hybridized carbons (Fsp3) is 0.250. The minimum absolute atomic E-state index is 0.514. The minimum Gasteiger partial charge on any atom is -0.399 e. The number of benzene rings is 1. The zero-order chi connectivity index (χ0) is 12.0. The van der Waals surface area contributed by atoms with Crippen LogP contribution in [-0.4, -0.2) is 9.78 Å². The quantitative estimate of drug-likeness (QED) is 0.845. The van der Waals surface area contributed by atoms with Gasteiger partial charge in [-0.2, -0.15) is 5.10 Å². The van der Waals surface area contributed by atoms with E-state index in [0.717, 1.165) is 5.69 Å². The highest BCUT2D eigenvalue weighted by atomic mass is 35.5. The van der Waals surface area contributed by atoms with Crippen molar-refractivity contribution >= 4 is 28.9 Å². The van der Waals surface area contributed by atoms with Gasteiger partial charge in [-0.25, -0.2) is 4.68 Å². The lowest BCUT2D eigenvalue weighted by atomic mass is 10.3. The number of hydrogen-bond acceptors (Lipinski definition) is 2. The molecule has 0 bridgehead atoms. The molecule has 1 aromatic carbocycles. The molecule has 2 aromatic rings. The summed E-state index contributed by atoms with van der Waals surface area (Å²) in [6, 6.07) is 5.38. The van der Waals surface area contributed by atoms with Crippen LogP contribution in [-0.2, 0) is 0 Å². The Balaban J connectivity index is 2.07. The number of nitrogens with zero attached hydrogens (tertiary/aromatic N) is 2. The van der Waals surface area contributed by atoms with Crippen LogP contribution in [0.4, 0.5) is 5.69 Å². The number of nitrogens with two attached hydrogens (primary N) is 1. The molecule has 1 aliphatic carbocycles. The van der Waals surface area contributed by atoms with Gasteiger partial charge in [0.15, 0.2) is 0 Å². The van der Waals surface area contributed by atoms with Crippen molar-refractivity contribution in [1.29, 1.82) is 0 Å². The first-order valence-corrected chi connectivity index (χ1v) is 6.21. The van der Waals surface area contributed by atoms with Crippen molar-refractivity contribution in [2.75, 3.05) is 5.73 Å². The molecule has 0 aliphatic heterocycles. The molecule has 3 rings (SSSR count). The van der Waals surface area contributed by atoms with Crippen LogP contribution < -0.4 is 5.73 Å². The number of halogens is 2. The summed E-state index contributed by atoms with van der Waals surface area (Å²) in [5.41, 5.74) is 8.02. The zero-order valence-corrected chi connectivity index (χ0v) is 10.5. The van der Waals surface area contributed by atoms with Crippen LogP contribution in [0.5, 0.6) is 0 Å². The van der Waals surface area contributed by atoms with E-state index in [1.165, 1.54) is 12.8 Å². The molecule has 0 spiro atoms. The Bertz CT molecular complexity index is 550. The molecule has 0 atom stereocenters. The molecular formula is C12H11Cl2N3. The molecule has 0 saturated heterocycles. The number of nitrogen functional groups attached to an aromatic ring is 1. The molecule has 2 N–H and O–H groups in total. The van der Waals surface area contributed by atoms with Crippen LogP contribution in [0.3, 0.4) is 0 Å². The monoisotopic (exact) mass is 267 g/mol. The first kappa shape index (κ1) is 10.9. The van der Waals surface area contributed by atoms with Gasteiger partial charge in [0.2, 0.25) is 0 Å². The standard InChI is InChI=1S/C12H11Cl2N3/c13-9-5-8(15)6-10(14)12(9)17-4-3-11(16-17)7-1-2-7/h3-7H,1-2,15H2. The van der Waals surface area contributed by atoms with Crippen LogP contribution in [0.2, 0.25) is 10.0 Å². The van der Waals surface area contributed by atoms with Gasteiger partial charge in [-0.05, 0) is 31.0 Å². The highest BCUT2D eigenvalue weighted by molar-refractivity contribution is 6.38. The van der Waals surface area contributed by atoms with Gasteiger partial charge in [0, 0.05) is 17.8 Å². The molecule has 1 heterocycles. The third-order valence-corrected chi connectivity index (χ3v) is 3.45. The summed E-state index contributed by atoms with van der Waals surface area (Å²) >= 11 is 12.3. The van der Waals surface area contributed by atoms with Crippen molar-refractivity contribution in [3.8, 4) is 5.69 Å². The molecule has 1 fully saturated rings. The lowest BCUT2D eigenvalue weighted by molar-refractivity contribution is 0.838. The highest BCUT2D eigenvalue weighted by Gasteiger charge is 2.26. The Morgan fingerprint density at radius 2 is 1.88 bits per heavy atom. The van der Waals surface area contributed by atoms with Crippen molar-refractivity contribution < 1.29 is 0 Å². The second kappa shape index (κ2) is 3.93. The molecule has 88 valence electrons. The molecule has 1 saturated carbocycles. The maximum atomic E-state index is 6.15. The van der Waals surface area contributed by atoms with Gasteiger partial charge in [0.05, 0.1) is 15.7 Å². The predicted molar refractivity (Wildman–Crippen MR) is 70.0 cm³/mol. The second-order valence-corrected chi connectivity index (χ2v) is 5.11. The lowest BCUT2D eigenvalue weighted by Gasteiger charge is -2.08. The molecule has 5 heteroatoms. The third kappa shape index (κ3) is 2.01. The number of anilines is 1. The van der Waals surface area contributed by atoms with Gasteiger partial charge in [-0.3, -0.25) is 0 Å². The maximum Gasteiger partial charge on any atom is 0.102 e. The fourth-order valence-corrected chi connectivity index (χ4v) is 2.54. The van der Waals surface area contributed by atoms with Crippen molar-refractivity contribution in [1.82, 2.24) is 9.78 Å². The molecule has 1 aromatic heterocycles. The van der Waals surface area contributed by atoms with Gasteiger partial charge in [-0.15, -0.1) is 0 Å². The Morgan fingerprint density at radius 3 is 2.47 bits per heavy atom. The average molecular weight is 268 g/mol. The van der Waals surface area contributed by atoms with E-state index in [2.05, 4.69) is 5.10 Å². The van der Waals surface area contributed by atoms with Crippen LogP contribution in [0.1, 0.15) is 24.5 Å². The van der Waals surface area contributed by atoms with Gasteiger partial charge >= 0.3 is 0 Å². The summed E-state index contributed by atoms with van der Waals surface area (Å²) in [4.78, 5) is 0. The number of rotatable bonds is 2. The second-order valence-electron chi connectivity index (χ2n) is 4.29. The van der Waals surface area contributed by atoms with Crippen LogP contribution in [0.15, 0.2) is 24.4 Å². The molecule has 17 heavy (non-hydrogen) atoms. The van der Waals surface area contributed by atoms with Gasteiger partial charge < -0.3 is 5.73 Å². The predicted octanol–water partition coefficient (Wildman–Crippen LogP) is 3.64. The highest BCUT2D eigenvalue weighted by Crippen LogP contribution is 2.39. The molecule has 1 aliphatic rings. The molecule has 0 amide bonds. The van der Waals surface area contributed by atoms with Gasteiger partial charge in [-0.1, -0.05) is 23.2 Å². The number of aromatic nitrogens is 2. The third-order valence-electron chi connectivity index (χ3n) is 2.87. The smallest absolute Gasteiger partial charge is 0.102 e. The zero-order valence-electron chi connectivity index (χ0n) is 9.03. The Morgan fingerprint density at radius 1 is 1.24 bits per heavy atom. The normalized spacial score (nSPS) is 15.2. The Hall–Kier alpha value is -1.19. The van der Waals surface area contributed by atoms with Gasteiger partial charge in [0.1, 0.15) is 5.69 Å². The van der Waals surface area contributed by atoms with Crippen LogP contribution in [0, 0.1) is 0 Å². The summed E-state index contributed by atoms with van der Waals surface area (Å²) in [5.74, 6) is 0.614. The Kier molecular flexibility index (Phi) is 2.53. The van der Waals surface area contributed by atoms with Crippen LogP contribution >= 0.6 is 23.2 Å². The van der Waals surface area contributed by atoms with Gasteiger partial charge in [0.25, 0.3) is 0 Å². The maximum absolute atomic E-state index is 6.15. The van der Waals surface area contributed by atoms with Crippen molar-refractivity contribution in [2.24, 2.45) is 0 Å². The summed E-state index contributed by atoms with van der Waals surface area (Å²) in [6.45, 7) is 0. The number of hydrogen-bond donors (Lipinski definition) is 1. The first-order valence-electron chi connectivity index (χ1n) is 5.45. The lowest BCUT2D eigenvalue weighted by Crippen LogP contribution is -1.99. The van der Waals surface area contributed by atoms with E-state index < -0.39 is 0 Å². The summed E-state index contributed by atoms with van der Waals surface area (Å²) in [6.07, 6.45) is 4.33. The summed E-state index contributed by atoms with van der Waals surface area (Å²) in [7, 11) is 0. The van der Waals surface area contributed by atoms with Crippen molar-refractivity contribution in [3.05, 3.63) is 40.1 Å². The van der Waals surface area contributed by atoms with E-state index in [4.69, 9.17) is 28.9 Å². The van der Waals surface area contributed by atoms with Crippen molar-refractivity contribution in [3.63, 3.8) is 0 Å². The van der Waals surface area contributed by atoms with E-state index in [1.807, 2.05) is 12.3 Å². The summed E-state index contributed by atoms with van der Waals surface area (Å²) < 4.78 is 1.72. The molecule has 0 radical (unpaired) electrons. The molecular weight excluding hydrogens is 257 g/mol. The molecule has 0 unspecified atom stereocenters. The summed E-state index contributed by atoms with van der Waals surface area (Å²) in [5, 5.41) is 5.53. The topological polar surface area (TPSA) is 43.8 Å². The molecule has 3 nitrogen and oxygen atoms in total. The van der Waals surface area contributed by atoms with Crippen LogP contribution in [0.25, 0.3) is 5.69 Å². The average Bonchev–Trinajstić information content (AvgIpc) is 2.98. The minimum atomic E-state index is 0.514.